The molecule has 3 nitrogen and oxygen atoms in total. The number of furan rings is 1. The first-order valence-electron chi connectivity index (χ1n) is 8.20. The van der Waals surface area contributed by atoms with E-state index in [4.69, 9.17) is 4.42 Å². The molecule has 0 aliphatic carbocycles. The van der Waals surface area contributed by atoms with Gasteiger partial charge in [-0.3, -0.25) is 0 Å². The lowest BCUT2D eigenvalue weighted by Gasteiger charge is -2.10. The molecule has 0 N–H and O–H groups in total. The van der Waals surface area contributed by atoms with E-state index in [2.05, 4.69) is 58.1 Å². The van der Waals surface area contributed by atoms with Gasteiger partial charge in [-0.1, -0.05) is 72.4 Å². The monoisotopic (exact) mass is 346 g/mol. The van der Waals surface area contributed by atoms with E-state index in [0.717, 1.165) is 27.9 Å². The maximum absolute atomic E-state index is 5.56. The minimum atomic E-state index is 0.675. The molecule has 0 aliphatic rings. The van der Waals surface area contributed by atoms with Crippen LogP contribution in [0.25, 0.3) is 11.3 Å². The molecular weight excluding hydrogens is 328 g/mol. The minimum absolute atomic E-state index is 0.675. The zero-order chi connectivity index (χ0) is 16.9. The van der Waals surface area contributed by atoms with E-state index in [-0.39, 0.29) is 0 Å². The zero-order valence-corrected chi connectivity index (χ0v) is 14.5. The van der Waals surface area contributed by atoms with Gasteiger partial charge in [0, 0.05) is 5.75 Å². The quantitative estimate of drug-likeness (QED) is 0.433. The normalized spacial score (nSPS) is 10.9. The fourth-order valence-electron chi connectivity index (χ4n) is 2.75. The maximum Gasteiger partial charge on any atom is 0.169 e. The van der Waals surface area contributed by atoms with Crippen molar-refractivity contribution >= 4 is 11.8 Å². The molecule has 0 aliphatic heterocycles. The second-order valence-corrected chi connectivity index (χ2v) is 6.67. The Hall–Kier alpha value is -2.72. The van der Waals surface area contributed by atoms with Gasteiger partial charge in [-0.15, -0.1) is 0 Å². The van der Waals surface area contributed by atoms with Gasteiger partial charge in [0.05, 0.1) is 24.7 Å². The summed E-state index contributed by atoms with van der Waals surface area (Å²) in [6.07, 6.45) is 3.66. The lowest BCUT2D eigenvalue weighted by atomic mass is 10.2. The second-order valence-electron chi connectivity index (χ2n) is 5.73. The molecule has 0 saturated heterocycles. The van der Waals surface area contributed by atoms with E-state index >= 15 is 0 Å². The molecule has 0 saturated carbocycles. The standard InChI is InChI=1S/C21H18N2OS/c1-3-8-17(9-4-1)16-25-21-22-14-20(18-10-5-2-6-11-18)23(21)15-19-12-7-13-24-19/h1-14H,15-16H2. The third-order valence-corrected chi connectivity index (χ3v) is 5.06. The Morgan fingerprint density at radius 1 is 0.880 bits per heavy atom. The number of hydrogen-bond acceptors (Lipinski definition) is 3. The first kappa shape index (κ1) is 15.8. The highest BCUT2D eigenvalue weighted by molar-refractivity contribution is 7.98. The van der Waals surface area contributed by atoms with E-state index in [1.165, 1.54) is 5.56 Å². The molecule has 4 heteroatoms. The molecule has 0 radical (unpaired) electrons. The number of benzene rings is 2. The molecule has 0 atom stereocenters. The molecule has 0 bridgehead atoms. The molecule has 2 aromatic carbocycles. The Bertz CT molecular complexity index is 915. The average Bonchev–Trinajstić information content (AvgIpc) is 3.32. The van der Waals surface area contributed by atoms with Crippen LogP contribution in [-0.4, -0.2) is 9.55 Å². The largest absolute Gasteiger partial charge is 0.467 e. The third-order valence-electron chi connectivity index (χ3n) is 3.99. The number of nitrogens with zero attached hydrogens (tertiary/aromatic N) is 2. The van der Waals surface area contributed by atoms with Crippen LogP contribution >= 0.6 is 11.8 Å². The van der Waals surface area contributed by atoms with Gasteiger partial charge in [-0.2, -0.15) is 0 Å². The molecule has 0 fully saturated rings. The summed E-state index contributed by atoms with van der Waals surface area (Å²) in [4.78, 5) is 4.67. The number of thioether (sulfide) groups is 1. The summed E-state index contributed by atoms with van der Waals surface area (Å²) in [5.74, 6) is 1.82. The molecule has 0 spiro atoms. The Morgan fingerprint density at radius 2 is 1.64 bits per heavy atom. The summed E-state index contributed by atoms with van der Waals surface area (Å²) in [5.41, 5.74) is 3.56. The maximum atomic E-state index is 5.56. The van der Waals surface area contributed by atoms with Gasteiger partial charge in [-0.05, 0) is 23.3 Å². The fraction of sp³-hybridized carbons (Fsp3) is 0.0952. The van der Waals surface area contributed by atoms with Crippen LogP contribution < -0.4 is 0 Å². The van der Waals surface area contributed by atoms with Crippen LogP contribution in [0.4, 0.5) is 0 Å². The lowest BCUT2D eigenvalue weighted by molar-refractivity contribution is 0.485. The van der Waals surface area contributed by atoms with Gasteiger partial charge in [0.2, 0.25) is 0 Å². The van der Waals surface area contributed by atoms with Crippen LogP contribution in [-0.2, 0) is 12.3 Å². The van der Waals surface area contributed by atoms with Crippen molar-refractivity contribution in [2.24, 2.45) is 0 Å². The van der Waals surface area contributed by atoms with Crippen LogP contribution in [0.3, 0.4) is 0 Å². The van der Waals surface area contributed by atoms with E-state index in [1.807, 2.05) is 30.5 Å². The molecular formula is C21H18N2OS. The SMILES string of the molecule is c1ccc(CSc2ncc(-c3ccccc3)n2Cc2ccco2)cc1. The molecule has 25 heavy (non-hydrogen) atoms. The van der Waals surface area contributed by atoms with Crippen LogP contribution in [0.1, 0.15) is 11.3 Å². The first-order chi connectivity index (χ1) is 12.4. The van der Waals surface area contributed by atoms with Crippen molar-refractivity contribution < 1.29 is 4.42 Å². The van der Waals surface area contributed by atoms with Gasteiger partial charge in [0.1, 0.15) is 5.76 Å². The highest BCUT2D eigenvalue weighted by atomic mass is 32.2. The highest BCUT2D eigenvalue weighted by Gasteiger charge is 2.14. The number of aromatic nitrogens is 2. The lowest BCUT2D eigenvalue weighted by Crippen LogP contribution is -2.03. The van der Waals surface area contributed by atoms with Crippen molar-refractivity contribution in [1.29, 1.82) is 0 Å². The first-order valence-corrected chi connectivity index (χ1v) is 9.19. The summed E-state index contributed by atoms with van der Waals surface area (Å²) in [5, 5.41) is 0.999. The van der Waals surface area contributed by atoms with E-state index < -0.39 is 0 Å². The number of hydrogen-bond donors (Lipinski definition) is 0. The Balaban J connectivity index is 1.65. The van der Waals surface area contributed by atoms with Gasteiger partial charge < -0.3 is 8.98 Å². The second kappa shape index (κ2) is 7.45. The van der Waals surface area contributed by atoms with E-state index in [1.54, 1.807) is 18.0 Å². The van der Waals surface area contributed by atoms with Crippen molar-refractivity contribution in [2.45, 2.75) is 17.5 Å². The van der Waals surface area contributed by atoms with Crippen molar-refractivity contribution in [2.75, 3.05) is 0 Å². The molecule has 4 rings (SSSR count). The Labute approximate surface area is 151 Å². The van der Waals surface area contributed by atoms with Gasteiger partial charge in [0.25, 0.3) is 0 Å². The van der Waals surface area contributed by atoms with Crippen molar-refractivity contribution in [3.05, 3.63) is 96.6 Å². The van der Waals surface area contributed by atoms with Crippen molar-refractivity contribution in [1.82, 2.24) is 9.55 Å². The molecule has 2 heterocycles. The Kier molecular flexibility index (Phi) is 4.70. The molecule has 0 amide bonds. The van der Waals surface area contributed by atoms with Gasteiger partial charge in [-0.25, -0.2) is 4.98 Å². The topological polar surface area (TPSA) is 31.0 Å². The third kappa shape index (κ3) is 3.69. The smallest absolute Gasteiger partial charge is 0.169 e. The van der Waals surface area contributed by atoms with Crippen molar-refractivity contribution in [3.8, 4) is 11.3 Å². The van der Waals surface area contributed by atoms with Crippen LogP contribution in [0.5, 0.6) is 0 Å². The van der Waals surface area contributed by atoms with Crippen LogP contribution in [0.2, 0.25) is 0 Å². The van der Waals surface area contributed by atoms with Gasteiger partial charge >= 0.3 is 0 Å². The number of imidazole rings is 1. The molecule has 0 unspecified atom stereocenters. The zero-order valence-electron chi connectivity index (χ0n) is 13.7. The highest BCUT2D eigenvalue weighted by Crippen LogP contribution is 2.29. The molecule has 4 aromatic rings. The summed E-state index contributed by atoms with van der Waals surface area (Å²) < 4.78 is 7.78. The summed E-state index contributed by atoms with van der Waals surface area (Å²) in [6.45, 7) is 0.675. The summed E-state index contributed by atoms with van der Waals surface area (Å²) in [7, 11) is 0. The van der Waals surface area contributed by atoms with E-state index in [0.29, 0.717) is 6.54 Å². The Morgan fingerprint density at radius 3 is 2.36 bits per heavy atom. The average molecular weight is 346 g/mol. The predicted molar refractivity (Wildman–Crippen MR) is 101 cm³/mol. The van der Waals surface area contributed by atoms with Crippen molar-refractivity contribution in [3.63, 3.8) is 0 Å². The van der Waals surface area contributed by atoms with Gasteiger partial charge in [0.15, 0.2) is 5.16 Å². The molecule has 2 aromatic heterocycles. The minimum Gasteiger partial charge on any atom is -0.467 e. The predicted octanol–water partition coefficient (Wildman–Crippen LogP) is 5.48. The molecule has 124 valence electrons. The summed E-state index contributed by atoms with van der Waals surface area (Å²) >= 11 is 1.75. The summed E-state index contributed by atoms with van der Waals surface area (Å²) in [6, 6.07) is 24.7. The van der Waals surface area contributed by atoms with Crippen LogP contribution in [0.15, 0.2) is 94.8 Å². The number of rotatable bonds is 6. The fourth-order valence-corrected chi connectivity index (χ4v) is 3.68. The van der Waals surface area contributed by atoms with Crippen LogP contribution in [0, 0.1) is 0 Å². The van der Waals surface area contributed by atoms with E-state index in [9.17, 15) is 0 Å².